The maximum Gasteiger partial charge on any atom is 0.229 e. The van der Waals surface area contributed by atoms with Crippen LogP contribution in [0.2, 0.25) is 5.02 Å². The summed E-state index contributed by atoms with van der Waals surface area (Å²) >= 11 is 10.1. The van der Waals surface area contributed by atoms with Crippen molar-refractivity contribution in [1.82, 2.24) is 4.98 Å². The quantitative estimate of drug-likeness (QED) is 0.744. The van der Waals surface area contributed by atoms with Crippen molar-refractivity contribution >= 4 is 36.0 Å². The van der Waals surface area contributed by atoms with E-state index in [1.54, 1.807) is 23.2 Å². The van der Waals surface area contributed by atoms with Crippen LogP contribution in [0.1, 0.15) is 6.42 Å². The van der Waals surface area contributed by atoms with Crippen molar-refractivity contribution in [2.45, 2.75) is 11.7 Å². The number of hydrogen-bond acceptors (Lipinski definition) is 3. The van der Waals surface area contributed by atoms with Gasteiger partial charge in [0.2, 0.25) is 5.91 Å². The first kappa shape index (κ1) is 9.80. The van der Waals surface area contributed by atoms with Gasteiger partial charge < -0.3 is 0 Å². The van der Waals surface area contributed by atoms with E-state index in [2.05, 4.69) is 17.6 Å². The van der Waals surface area contributed by atoms with E-state index < -0.39 is 0 Å². The molecule has 74 valence electrons. The highest BCUT2D eigenvalue weighted by Crippen LogP contribution is 2.23. The highest BCUT2D eigenvalue weighted by molar-refractivity contribution is 7.81. The van der Waals surface area contributed by atoms with Gasteiger partial charge >= 0.3 is 0 Å². The highest BCUT2D eigenvalue weighted by atomic mass is 35.5. The van der Waals surface area contributed by atoms with Crippen molar-refractivity contribution < 1.29 is 4.79 Å². The summed E-state index contributed by atoms with van der Waals surface area (Å²) in [4.78, 5) is 17.2. The summed E-state index contributed by atoms with van der Waals surface area (Å²) in [5.74, 6) is 0.666. The third-order valence-corrected chi connectivity index (χ3v) is 2.67. The van der Waals surface area contributed by atoms with Crippen LogP contribution >= 0.6 is 24.2 Å². The number of anilines is 1. The molecule has 5 heteroatoms. The minimum absolute atomic E-state index is 0.0553. The van der Waals surface area contributed by atoms with Crippen molar-refractivity contribution in [3.63, 3.8) is 0 Å². The van der Waals surface area contributed by atoms with Crippen LogP contribution in [0.3, 0.4) is 0 Å². The normalized spacial score (nSPS) is 21.7. The third kappa shape index (κ3) is 1.86. The average Bonchev–Trinajstić information content (AvgIpc) is 2.45. The van der Waals surface area contributed by atoms with E-state index in [1.165, 1.54) is 0 Å². The fourth-order valence-electron chi connectivity index (χ4n) is 1.45. The summed E-state index contributed by atoms with van der Waals surface area (Å²) in [6.07, 6.45) is 2.06. The van der Waals surface area contributed by atoms with Gasteiger partial charge in [0.15, 0.2) is 0 Å². The van der Waals surface area contributed by atoms with Gasteiger partial charge in [-0.2, -0.15) is 12.6 Å². The number of hydrogen-bond donors (Lipinski definition) is 1. The molecular weight excluding hydrogens is 220 g/mol. The molecule has 0 N–H and O–H groups in total. The van der Waals surface area contributed by atoms with E-state index in [0.29, 0.717) is 23.8 Å². The summed E-state index contributed by atoms with van der Waals surface area (Å²) in [7, 11) is 0. The van der Waals surface area contributed by atoms with Gasteiger partial charge in [0, 0.05) is 29.4 Å². The minimum atomic E-state index is 0.0553. The monoisotopic (exact) mass is 228 g/mol. The van der Waals surface area contributed by atoms with Crippen LogP contribution in [0.5, 0.6) is 0 Å². The Morgan fingerprint density at radius 3 is 3.00 bits per heavy atom. The molecule has 1 unspecified atom stereocenters. The zero-order valence-corrected chi connectivity index (χ0v) is 9.00. The molecule has 1 fully saturated rings. The van der Waals surface area contributed by atoms with E-state index in [1.807, 2.05) is 0 Å². The van der Waals surface area contributed by atoms with Gasteiger partial charge in [-0.05, 0) is 12.1 Å². The lowest BCUT2D eigenvalue weighted by Gasteiger charge is -2.14. The van der Waals surface area contributed by atoms with Gasteiger partial charge in [-0.25, -0.2) is 4.98 Å². The molecule has 0 bridgehead atoms. The van der Waals surface area contributed by atoms with E-state index in [9.17, 15) is 4.79 Å². The molecule has 14 heavy (non-hydrogen) atoms. The molecule has 2 heterocycles. The number of pyridine rings is 1. The summed E-state index contributed by atoms with van der Waals surface area (Å²) < 4.78 is 0. The van der Waals surface area contributed by atoms with Crippen molar-refractivity contribution in [2.75, 3.05) is 11.4 Å². The van der Waals surface area contributed by atoms with E-state index >= 15 is 0 Å². The van der Waals surface area contributed by atoms with Crippen LogP contribution in [0.25, 0.3) is 0 Å². The van der Waals surface area contributed by atoms with Crippen LogP contribution in [-0.4, -0.2) is 22.7 Å². The summed E-state index contributed by atoms with van der Waals surface area (Å²) in [6.45, 7) is 0.606. The van der Waals surface area contributed by atoms with Crippen molar-refractivity contribution in [3.8, 4) is 0 Å². The summed E-state index contributed by atoms with van der Waals surface area (Å²) in [6, 6.07) is 3.37. The first-order valence-electron chi connectivity index (χ1n) is 4.27. The number of thiol groups is 1. The molecule has 1 aromatic rings. The van der Waals surface area contributed by atoms with Crippen LogP contribution in [0, 0.1) is 0 Å². The second-order valence-electron chi connectivity index (χ2n) is 3.19. The minimum Gasteiger partial charge on any atom is -0.296 e. The molecule has 0 aromatic carbocycles. The number of carbonyl (C=O) groups is 1. The molecule has 1 atom stereocenters. The third-order valence-electron chi connectivity index (χ3n) is 2.09. The number of nitrogens with zero attached hydrogens (tertiary/aromatic N) is 2. The molecule has 1 aliphatic rings. The number of carbonyl (C=O) groups excluding carboxylic acids is 1. The molecule has 1 aromatic heterocycles. The lowest BCUT2D eigenvalue weighted by molar-refractivity contribution is -0.117. The SMILES string of the molecule is O=C1CC(S)CN1c1cc(Cl)ccn1. The first-order chi connectivity index (χ1) is 6.66. The smallest absolute Gasteiger partial charge is 0.229 e. The van der Waals surface area contributed by atoms with Crippen LogP contribution in [-0.2, 0) is 4.79 Å². The number of aromatic nitrogens is 1. The molecule has 2 rings (SSSR count). The molecule has 3 nitrogen and oxygen atoms in total. The number of amides is 1. The Labute approximate surface area is 92.5 Å². The highest BCUT2D eigenvalue weighted by Gasteiger charge is 2.28. The van der Waals surface area contributed by atoms with Crippen LogP contribution < -0.4 is 4.90 Å². The van der Waals surface area contributed by atoms with Crippen LogP contribution in [0.15, 0.2) is 18.3 Å². The Balaban J connectivity index is 2.27. The second kappa shape index (κ2) is 3.79. The Bertz CT molecular complexity index is 372. The topological polar surface area (TPSA) is 33.2 Å². The van der Waals surface area contributed by atoms with E-state index in [-0.39, 0.29) is 11.2 Å². The van der Waals surface area contributed by atoms with Crippen molar-refractivity contribution in [2.24, 2.45) is 0 Å². The van der Waals surface area contributed by atoms with E-state index in [0.717, 1.165) is 0 Å². The maximum absolute atomic E-state index is 11.5. The summed E-state index contributed by atoms with van der Waals surface area (Å²) in [5, 5.41) is 0.689. The van der Waals surface area contributed by atoms with Crippen molar-refractivity contribution in [1.29, 1.82) is 0 Å². The van der Waals surface area contributed by atoms with Gasteiger partial charge in [-0.15, -0.1) is 0 Å². The number of halogens is 1. The van der Waals surface area contributed by atoms with Crippen molar-refractivity contribution in [3.05, 3.63) is 23.4 Å². The molecule has 1 saturated heterocycles. The lowest BCUT2D eigenvalue weighted by atomic mass is 10.4. The zero-order valence-electron chi connectivity index (χ0n) is 7.35. The fraction of sp³-hybridized carbons (Fsp3) is 0.333. The number of rotatable bonds is 1. The largest absolute Gasteiger partial charge is 0.296 e. The van der Waals surface area contributed by atoms with Gasteiger partial charge in [-0.3, -0.25) is 9.69 Å². The lowest BCUT2D eigenvalue weighted by Crippen LogP contribution is -2.25. The molecule has 0 saturated carbocycles. The molecular formula is C9H9ClN2OS. The van der Waals surface area contributed by atoms with Crippen LogP contribution in [0.4, 0.5) is 5.82 Å². The standard InChI is InChI=1S/C9H9ClN2OS/c10-6-1-2-11-8(3-6)12-5-7(14)4-9(12)13/h1-3,7,14H,4-5H2. The first-order valence-corrected chi connectivity index (χ1v) is 5.16. The molecule has 1 amide bonds. The molecule has 0 aliphatic carbocycles. The van der Waals surface area contributed by atoms with Gasteiger partial charge in [0.05, 0.1) is 0 Å². The zero-order chi connectivity index (χ0) is 10.1. The maximum atomic E-state index is 11.5. The predicted octanol–water partition coefficient (Wildman–Crippen LogP) is 1.77. The molecule has 0 radical (unpaired) electrons. The Morgan fingerprint density at radius 1 is 1.64 bits per heavy atom. The molecule has 1 aliphatic heterocycles. The van der Waals surface area contributed by atoms with Gasteiger partial charge in [0.1, 0.15) is 5.82 Å². The Kier molecular flexibility index (Phi) is 2.65. The Hall–Kier alpha value is -0.740. The average molecular weight is 229 g/mol. The Morgan fingerprint density at radius 2 is 2.43 bits per heavy atom. The van der Waals surface area contributed by atoms with Gasteiger partial charge in [-0.1, -0.05) is 11.6 Å². The summed E-state index contributed by atoms with van der Waals surface area (Å²) in [5.41, 5.74) is 0. The predicted molar refractivity (Wildman–Crippen MR) is 59.0 cm³/mol. The van der Waals surface area contributed by atoms with Gasteiger partial charge in [0.25, 0.3) is 0 Å². The fourth-order valence-corrected chi connectivity index (χ4v) is 1.92. The van der Waals surface area contributed by atoms with E-state index in [4.69, 9.17) is 11.6 Å². The molecule has 0 spiro atoms. The second-order valence-corrected chi connectivity index (χ2v) is 4.36.